The maximum Gasteiger partial charge on any atom is 0.501 e. The Morgan fingerprint density at radius 2 is 1.65 bits per heavy atom. The van der Waals surface area contributed by atoms with Crippen molar-refractivity contribution in [3.8, 4) is 16.9 Å². The average molecular weight is 457 g/mol. The zero-order valence-corrected chi connectivity index (χ0v) is 16.5. The van der Waals surface area contributed by atoms with E-state index in [0.29, 0.717) is 10.1 Å². The van der Waals surface area contributed by atoms with Crippen LogP contribution >= 0.6 is 0 Å². The van der Waals surface area contributed by atoms with E-state index in [0.717, 1.165) is 18.2 Å². The van der Waals surface area contributed by atoms with Crippen LogP contribution in [0.4, 0.5) is 13.2 Å². The van der Waals surface area contributed by atoms with Crippen LogP contribution in [0.25, 0.3) is 11.1 Å². The number of aromatic amines is 2. The zero-order valence-electron chi connectivity index (χ0n) is 15.6. The van der Waals surface area contributed by atoms with Crippen LogP contribution in [0, 0.1) is 6.92 Å². The summed E-state index contributed by atoms with van der Waals surface area (Å²) in [4.78, 5) is 37.4. The normalized spacial score (nSPS) is 12.1. The molecule has 0 aliphatic heterocycles. The van der Waals surface area contributed by atoms with E-state index in [9.17, 15) is 41.1 Å². The third-order valence-corrected chi connectivity index (χ3v) is 5.96. The van der Waals surface area contributed by atoms with Gasteiger partial charge in [0.15, 0.2) is 0 Å². The molecule has 1 heterocycles. The summed E-state index contributed by atoms with van der Waals surface area (Å²) in [6.45, 7) is 1.18. The minimum absolute atomic E-state index is 0.00685. The van der Waals surface area contributed by atoms with Crippen molar-refractivity contribution in [1.82, 2.24) is 14.5 Å². The van der Waals surface area contributed by atoms with E-state index in [-0.39, 0.29) is 17.7 Å². The first kappa shape index (κ1) is 22.1. The molecule has 0 saturated heterocycles. The number of phenols is 1. The fourth-order valence-corrected chi connectivity index (χ4v) is 4.01. The van der Waals surface area contributed by atoms with Crippen molar-refractivity contribution in [3.05, 3.63) is 79.0 Å². The minimum atomic E-state index is -5.75. The number of aryl methyl sites for hydroxylation is 1. The third kappa shape index (κ3) is 4.03. The van der Waals surface area contributed by atoms with Crippen molar-refractivity contribution < 1.29 is 26.7 Å². The molecule has 0 spiro atoms. The lowest BCUT2D eigenvalue weighted by atomic mass is 9.97. The largest absolute Gasteiger partial charge is 0.507 e. The van der Waals surface area contributed by atoms with Crippen LogP contribution < -0.4 is 17.1 Å². The third-order valence-electron chi connectivity index (χ3n) is 4.43. The van der Waals surface area contributed by atoms with E-state index in [1.54, 1.807) is 0 Å². The van der Waals surface area contributed by atoms with Gasteiger partial charge in [-0.2, -0.15) is 13.2 Å². The Bertz CT molecular complexity index is 1420. The van der Waals surface area contributed by atoms with Gasteiger partial charge in [-0.3, -0.25) is 9.97 Å². The molecule has 0 unspecified atom stereocenters. The summed E-state index contributed by atoms with van der Waals surface area (Å²) in [5.74, 6) is -0.672. The van der Waals surface area contributed by atoms with E-state index in [2.05, 4.69) is 0 Å². The Kier molecular flexibility index (Phi) is 5.40. The highest BCUT2D eigenvalue weighted by Gasteiger charge is 2.48. The first-order valence-corrected chi connectivity index (χ1v) is 9.98. The van der Waals surface area contributed by atoms with Crippen LogP contribution in [0.15, 0.2) is 55.7 Å². The van der Waals surface area contributed by atoms with E-state index in [4.69, 9.17) is 0 Å². The number of H-pyrrole nitrogens is 2. The van der Waals surface area contributed by atoms with E-state index in [1.807, 2.05) is 9.97 Å². The summed E-state index contributed by atoms with van der Waals surface area (Å²) in [7, 11) is -5.75. The molecule has 0 aliphatic carbocycles. The smallest absolute Gasteiger partial charge is 0.501 e. The van der Waals surface area contributed by atoms with Crippen LogP contribution in [-0.4, -0.2) is 33.6 Å². The molecule has 0 amide bonds. The summed E-state index contributed by atoms with van der Waals surface area (Å²) in [6.07, 6.45) is 0. The number of rotatable bonds is 4. The zero-order chi connectivity index (χ0) is 23.1. The molecule has 31 heavy (non-hydrogen) atoms. The van der Waals surface area contributed by atoms with Crippen LogP contribution in [0.5, 0.6) is 5.75 Å². The fourth-order valence-electron chi connectivity index (χ4n) is 3.02. The van der Waals surface area contributed by atoms with Crippen molar-refractivity contribution in [1.29, 1.82) is 0 Å². The highest BCUT2D eigenvalue weighted by Crippen LogP contribution is 2.41. The Balaban J connectivity index is 2.13. The van der Waals surface area contributed by atoms with Gasteiger partial charge in [-0.15, -0.1) is 0 Å². The van der Waals surface area contributed by atoms with Gasteiger partial charge < -0.3 is 5.11 Å². The average Bonchev–Trinajstić information content (AvgIpc) is 2.64. The number of aromatic nitrogens is 3. The van der Waals surface area contributed by atoms with Gasteiger partial charge in [-0.25, -0.2) is 27.4 Å². The molecule has 0 radical (unpaired) electrons. The number of nitrogens with one attached hydrogen (secondary N) is 2. The number of hydrogen-bond donors (Lipinski definition) is 3. The predicted molar refractivity (Wildman–Crippen MR) is 103 cm³/mol. The van der Waals surface area contributed by atoms with Crippen molar-refractivity contribution in [2.75, 3.05) is 0 Å². The van der Waals surface area contributed by atoms with Gasteiger partial charge in [0.2, 0.25) is 0 Å². The van der Waals surface area contributed by atoms with Crippen molar-refractivity contribution in [2.45, 2.75) is 23.9 Å². The standard InChI is InChI=1S/C18H14F3N3O6S/c1-9-7-10(8-24-16(27)22-15(26)23-17(24)28)5-6-11(9)14-12(25)3-2-4-13(14)31(29,30)18(19,20)21/h2-7,25H,8H2,1H3,(H2,22,23,26,27,28). The van der Waals surface area contributed by atoms with Crippen LogP contribution in [0.2, 0.25) is 0 Å². The molecule has 1 aromatic heterocycles. The quantitative estimate of drug-likeness (QED) is 0.538. The van der Waals surface area contributed by atoms with Crippen molar-refractivity contribution in [2.24, 2.45) is 0 Å². The Morgan fingerprint density at radius 1 is 1.03 bits per heavy atom. The first-order valence-electron chi connectivity index (χ1n) is 8.49. The number of alkyl halides is 3. The molecule has 0 aliphatic rings. The summed E-state index contributed by atoms with van der Waals surface area (Å²) in [5, 5.41) is 10.1. The number of halogens is 3. The lowest BCUT2D eigenvalue weighted by Crippen LogP contribution is -2.43. The lowest BCUT2D eigenvalue weighted by molar-refractivity contribution is -0.0435. The van der Waals surface area contributed by atoms with Gasteiger partial charge in [0.1, 0.15) is 5.75 Å². The molecule has 2 aromatic carbocycles. The summed E-state index contributed by atoms with van der Waals surface area (Å²) >= 11 is 0. The molecule has 3 N–H and O–H groups in total. The number of aromatic hydroxyl groups is 1. The summed E-state index contributed by atoms with van der Waals surface area (Å²) in [6, 6.07) is 6.79. The molecule has 0 saturated carbocycles. The summed E-state index contributed by atoms with van der Waals surface area (Å²) < 4.78 is 63.9. The Labute approximate surface area is 171 Å². The Hall–Kier alpha value is -3.61. The number of phenolic OH excluding ortho intramolecular Hbond substituents is 1. The summed E-state index contributed by atoms with van der Waals surface area (Å²) in [5.41, 5.74) is -8.37. The lowest BCUT2D eigenvalue weighted by Gasteiger charge is -2.16. The number of nitrogens with zero attached hydrogens (tertiary/aromatic N) is 1. The molecule has 0 fully saturated rings. The maximum atomic E-state index is 13.1. The molecular formula is C18H14F3N3O6S. The van der Waals surface area contributed by atoms with Gasteiger partial charge in [0.25, 0.3) is 9.84 Å². The highest BCUT2D eigenvalue weighted by molar-refractivity contribution is 7.92. The molecule has 3 aromatic rings. The van der Waals surface area contributed by atoms with Crippen molar-refractivity contribution in [3.63, 3.8) is 0 Å². The first-order chi connectivity index (χ1) is 14.3. The maximum absolute atomic E-state index is 13.1. The molecular weight excluding hydrogens is 443 g/mol. The van der Waals surface area contributed by atoms with Gasteiger partial charge in [0, 0.05) is 5.56 Å². The van der Waals surface area contributed by atoms with E-state index < -0.39 is 48.6 Å². The second kappa shape index (κ2) is 7.58. The van der Waals surface area contributed by atoms with Crippen LogP contribution in [0.1, 0.15) is 11.1 Å². The van der Waals surface area contributed by atoms with Crippen molar-refractivity contribution >= 4 is 9.84 Å². The SMILES string of the molecule is Cc1cc(Cn2c(=O)[nH]c(=O)[nH]c2=O)ccc1-c1c(O)cccc1S(=O)(=O)C(F)(F)F. The van der Waals surface area contributed by atoms with E-state index in [1.165, 1.54) is 25.1 Å². The van der Waals surface area contributed by atoms with Gasteiger partial charge >= 0.3 is 22.6 Å². The highest BCUT2D eigenvalue weighted by atomic mass is 32.2. The molecule has 0 bridgehead atoms. The molecule has 3 rings (SSSR count). The molecule has 9 nitrogen and oxygen atoms in total. The molecule has 13 heteroatoms. The number of sulfone groups is 1. The van der Waals surface area contributed by atoms with Gasteiger partial charge in [-0.05, 0) is 35.7 Å². The van der Waals surface area contributed by atoms with Gasteiger partial charge in [-0.1, -0.05) is 24.3 Å². The fraction of sp³-hybridized carbons (Fsp3) is 0.167. The second-order valence-electron chi connectivity index (χ2n) is 6.52. The molecule has 0 atom stereocenters. The Morgan fingerprint density at radius 3 is 2.19 bits per heavy atom. The number of hydrogen-bond acceptors (Lipinski definition) is 6. The monoisotopic (exact) mass is 457 g/mol. The van der Waals surface area contributed by atoms with Gasteiger partial charge in [0.05, 0.1) is 11.4 Å². The molecule has 164 valence electrons. The minimum Gasteiger partial charge on any atom is -0.507 e. The van der Waals surface area contributed by atoms with Crippen LogP contribution in [0.3, 0.4) is 0 Å². The van der Waals surface area contributed by atoms with E-state index >= 15 is 0 Å². The number of benzene rings is 2. The second-order valence-corrected chi connectivity index (χ2v) is 8.43. The van der Waals surface area contributed by atoms with Crippen LogP contribution in [-0.2, 0) is 16.4 Å². The topological polar surface area (TPSA) is 142 Å². The predicted octanol–water partition coefficient (Wildman–Crippen LogP) is 1.25.